The van der Waals surface area contributed by atoms with Crippen LogP contribution in [0.1, 0.15) is 35.0 Å². The molecule has 3 aliphatic heterocycles. The number of hydrogen-bond acceptors (Lipinski definition) is 13. The smallest absolute Gasteiger partial charge is 0.141 e. The third kappa shape index (κ3) is 12.6. The Morgan fingerprint density at radius 2 is 1.04 bits per heavy atom. The SMILES string of the molecule is Brc1cccc2nc(Nc3ccc([C@H]4CNCCO4)cc3)ccc12.Clc1ccc2ncnc(Nc3ccc([C@H]4CNCCO4)cc3)c2c1.Clc1cccc2ccc(Nc3ccc([C@H]4CNCCO4)cc3)nc12. The standard InChI is InChI=1S/C19H18BrN3O.C19H18ClN3O.C18H17ClN4O/c20-16-2-1-3-17-15(16)8-9-19(23-17)22-14-6-4-13(5-7-14)18-12-21-10-11-24-18;20-16-3-1-2-14-6-9-18(23-19(14)16)22-15-7-4-13(5-8-15)17-12-21-10-11-24-17;19-13-3-6-16-15(9-13)18(22-11-21-16)23-14-4-1-12(2-5-14)17-10-20-7-8-24-17/h1-9,18,21H,10-12H2,(H,22,23);1-9,17,21H,10-12H2,(H,22,23);1-6,9,11,17,20H,7-8,10H2,(H,21,22,23)/t18-;2*17-/m111/s1. The van der Waals surface area contributed by atoms with Crippen LogP contribution in [0.2, 0.25) is 10.0 Å². The number of pyridine rings is 2. The van der Waals surface area contributed by atoms with Gasteiger partial charge in [0.15, 0.2) is 0 Å². The zero-order valence-electron chi connectivity index (χ0n) is 39.3. The number of benzene rings is 6. The second kappa shape index (κ2) is 23.9. The van der Waals surface area contributed by atoms with Crippen molar-refractivity contribution >= 4 is 106 Å². The van der Waals surface area contributed by atoms with E-state index in [2.05, 4.69) is 122 Å². The number of rotatable bonds is 9. The second-order valence-corrected chi connectivity index (χ2v) is 19.0. The van der Waals surface area contributed by atoms with Crippen molar-refractivity contribution in [2.45, 2.75) is 18.3 Å². The first-order chi connectivity index (χ1) is 35.4. The summed E-state index contributed by atoms with van der Waals surface area (Å²) in [6.07, 6.45) is 1.94. The molecule has 0 bridgehead atoms. The number of aromatic nitrogens is 4. The molecule has 3 aromatic heterocycles. The molecule has 0 amide bonds. The Morgan fingerprint density at radius 3 is 1.61 bits per heavy atom. The van der Waals surface area contributed by atoms with Gasteiger partial charge in [0.2, 0.25) is 0 Å². The molecule has 3 fully saturated rings. The number of para-hydroxylation sites is 1. The molecule has 3 atom stereocenters. The van der Waals surface area contributed by atoms with Crippen molar-refractivity contribution in [3.05, 3.63) is 189 Å². The van der Waals surface area contributed by atoms with Gasteiger partial charge in [-0.25, -0.2) is 19.9 Å². The van der Waals surface area contributed by atoms with Crippen molar-refractivity contribution in [3.8, 4) is 0 Å². The molecule has 6 aromatic carbocycles. The van der Waals surface area contributed by atoms with Gasteiger partial charge in [-0.05, 0) is 114 Å². The summed E-state index contributed by atoms with van der Waals surface area (Å²) in [4.78, 5) is 17.9. The molecule has 72 heavy (non-hydrogen) atoms. The highest BCUT2D eigenvalue weighted by molar-refractivity contribution is 9.10. The predicted octanol–water partition coefficient (Wildman–Crippen LogP) is 12.4. The lowest BCUT2D eigenvalue weighted by atomic mass is 10.1. The third-order valence-corrected chi connectivity index (χ3v) is 13.6. The first kappa shape index (κ1) is 49.3. The van der Waals surface area contributed by atoms with E-state index in [1.165, 1.54) is 16.7 Å². The van der Waals surface area contributed by atoms with Gasteiger partial charge in [0.1, 0.15) is 23.8 Å². The number of fused-ring (bicyclic) bond motifs is 3. The van der Waals surface area contributed by atoms with Gasteiger partial charge in [-0.1, -0.05) is 93.7 Å². The second-order valence-electron chi connectivity index (χ2n) is 17.3. The van der Waals surface area contributed by atoms with Crippen LogP contribution in [-0.4, -0.2) is 79.0 Å². The molecule has 0 spiro atoms. The average Bonchev–Trinajstić information content (AvgIpc) is 3.43. The molecule has 0 saturated carbocycles. The Morgan fingerprint density at radius 1 is 0.500 bits per heavy atom. The molecule has 0 aliphatic carbocycles. The van der Waals surface area contributed by atoms with Crippen LogP contribution < -0.4 is 31.9 Å². The molecule has 3 aliphatic rings. The Bertz CT molecular complexity index is 3230. The molecular formula is C56H53BrCl2N10O3. The Balaban J connectivity index is 0.000000124. The monoisotopic (exact) mass is 1060 g/mol. The number of nitrogens with one attached hydrogen (secondary N) is 6. The van der Waals surface area contributed by atoms with Gasteiger partial charge < -0.3 is 46.1 Å². The summed E-state index contributed by atoms with van der Waals surface area (Å²) in [5, 5.41) is 24.4. The predicted molar refractivity (Wildman–Crippen MR) is 295 cm³/mol. The van der Waals surface area contributed by atoms with Gasteiger partial charge in [0.05, 0.1) is 59.7 Å². The molecule has 3 saturated heterocycles. The van der Waals surface area contributed by atoms with E-state index in [0.717, 1.165) is 131 Å². The molecule has 13 nitrogen and oxygen atoms in total. The molecule has 0 radical (unpaired) electrons. The number of nitrogens with zero attached hydrogens (tertiary/aromatic N) is 4. The maximum Gasteiger partial charge on any atom is 0.141 e. The third-order valence-electron chi connectivity index (χ3n) is 12.4. The van der Waals surface area contributed by atoms with Gasteiger partial charge in [-0.3, -0.25) is 0 Å². The van der Waals surface area contributed by atoms with Crippen molar-refractivity contribution in [2.75, 3.05) is 75.0 Å². The van der Waals surface area contributed by atoms with Crippen molar-refractivity contribution < 1.29 is 14.2 Å². The van der Waals surface area contributed by atoms with E-state index in [9.17, 15) is 0 Å². The fourth-order valence-electron chi connectivity index (χ4n) is 8.61. The van der Waals surface area contributed by atoms with E-state index in [0.29, 0.717) is 10.0 Å². The summed E-state index contributed by atoms with van der Waals surface area (Å²) in [7, 11) is 0. The Labute approximate surface area is 436 Å². The number of hydrogen-bond donors (Lipinski definition) is 6. The van der Waals surface area contributed by atoms with Crippen molar-refractivity contribution in [3.63, 3.8) is 0 Å². The van der Waals surface area contributed by atoms with Crippen LogP contribution in [0.15, 0.2) is 162 Å². The van der Waals surface area contributed by atoms with E-state index in [4.69, 9.17) is 37.4 Å². The maximum absolute atomic E-state index is 6.23. The topological polar surface area (TPSA) is 151 Å². The molecule has 6 N–H and O–H groups in total. The van der Waals surface area contributed by atoms with E-state index in [1.54, 1.807) is 6.33 Å². The lowest BCUT2D eigenvalue weighted by Crippen LogP contribution is -2.33. The fourth-order valence-corrected chi connectivity index (χ4v) is 9.49. The largest absolute Gasteiger partial charge is 0.371 e. The van der Waals surface area contributed by atoms with Crippen molar-refractivity contribution in [2.24, 2.45) is 0 Å². The van der Waals surface area contributed by atoms with Gasteiger partial charge in [0, 0.05) is 82.0 Å². The molecule has 16 heteroatoms. The van der Waals surface area contributed by atoms with Crippen LogP contribution in [0.25, 0.3) is 32.7 Å². The lowest BCUT2D eigenvalue weighted by Gasteiger charge is -2.24. The minimum absolute atomic E-state index is 0.117. The van der Waals surface area contributed by atoms with Crippen molar-refractivity contribution in [1.82, 2.24) is 35.9 Å². The summed E-state index contributed by atoms with van der Waals surface area (Å²) in [6.45, 7) is 7.62. The van der Waals surface area contributed by atoms with E-state index in [1.807, 2.05) is 97.1 Å². The summed E-state index contributed by atoms with van der Waals surface area (Å²) < 4.78 is 18.4. The van der Waals surface area contributed by atoms with Crippen molar-refractivity contribution in [1.29, 1.82) is 0 Å². The number of ether oxygens (including phenoxy) is 3. The zero-order chi connectivity index (χ0) is 49.1. The van der Waals surface area contributed by atoms with E-state index < -0.39 is 0 Å². The number of halogens is 3. The average molecular weight is 1060 g/mol. The number of anilines is 6. The van der Waals surface area contributed by atoms with Crippen LogP contribution in [0.3, 0.4) is 0 Å². The summed E-state index contributed by atoms with van der Waals surface area (Å²) in [6, 6.07) is 50.3. The summed E-state index contributed by atoms with van der Waals surface area (Å²) in [5.41, 5.74) is 9.15. The first-order valence-corrected chi connectivity index (χ1v) is 25.5. The number of morpholine rings is 3. The highest BCUT2D eigenvalue weighted by atomic mass is 79.9. The minimum atomic E-state index is 0.117. The van der Waals surface area contributed by atoms with Gasteiger partial charge in [-0.15, -0.1) is 0 Å². The van der Waals surface area contributed by atoms with E-state index >= 15 is 0 Å². The molecular weight excluding hydrogens is 1010 g/mol. The van der Waals surface area contributed by atoms with Crippen LogP contribution >= 0.6 is 39.1 Å². The van der Waals surface area contributed by atoms with Crippen LogP contribution in [-0.2, 0) is 14.2 Å². The fraction of sp³-hybridized carbons (Fsp3) is 0.214. The van der Waals surface area contributed by atoms with Gasteiger partial charge >= 0.3 is 0 Å². The van der Waals surface area contributed by atoms with Gasteiger partial charge in [-0.2, -0.15) is 0 Å². The minimum Gasteiger partial charge on any atom is -0.371 e. The summed E-state index contributed by atoms with van der Waals surface area (Å²) >= 11 is 15.9. The summed E-state index contributed by atoms with van der Waals surface area (Å²) in [5.74, 6) is 2.36. The molecule has 366 valence electrons. The molecule has 12 rings (SSSR count). The first-order valence-electron chi connectivity index (χ1n) is 24.0. The lowest BCUT2D eigenvalue weighted by molar-refractivity contribution is 0.0276. The normalized spacial score (nSPS) is 17.8. The quantitative estimate of drug-likeness (QED) is 0.0814. The Hall–Kier alpha value is -6.30. The van der Waals surface area contributed by atoms with Crippen LogP contribution in [0, 0.1) is 0 Å². The molecule has 9 aromatic rings. The Kier molecular flexibility index (Phi) is 16.4. The highest BCUT2D eigenvalue weighted by Crippen LogP contribution is 2.30. The molecule has 6 heterocycles. The maximum atomic E-state index is 6.23. The van der Waals surface area contributed by atoms with Gasteiger partial charge in [0.25, 0.3) is 0 Å². The van der Waals surface area contributed by atoms with Crippen LogP contribution in [0.5, 0.6) is 0 Å². The van der Waals surface area contributed by atoms with Crippen LogP contribution in [0.4, 0.5) is 34.5 Å². The highest BCUT2D eigenvalue weighted by Gasteiger charge is 2.18. The van der Waals surface area contributed by atoms with E-state index in [-0.39, 0.29) is 18.3 Å². The zero-order valence-corrected chi connectivity index (χ0v) is 42.4. The molecule has 0 unspecified atom stereocenters.